The fourth-order valence-electron chi connectivity index (χ4n) is 1.67. The fraction of sp³-hybridized carbons (Fsp3) is 0. The molecule has 16 heavy (non-hydrogen) atoms. The minimum Gasteiger partial charge on any atom is -0.213 e. The van der Waals surface area contributed by atoms with Crippen LogP contribution in [0.25, 0.3) is 16.7 Å². The van der Waals surface area contributed by atoms with E-state index in [1.165, 1.54) is 0 Å². The van der Waals surface area contributed by atoms with E-state index in [0.29, 0.717) is 5.02 Å². The second-order valence-corrected chi connectivity index (χ2v) is 3.85. The van der Waals surface area contributed by atoms with Crippen molar-refractivity contribution in [3.63, 3.8) is 0 Å². The van der Waals surface area contributed by atoms with Gasteiger partial charge >= 0.3 is 0 Å². The fourth-order valence-corrected chi connectivity index (χ4v) is 1.88. The van der Waals surface area contributed by atoms with Gasteiger partial charge in [-0.05, 0) is 24.3 Å². The van der Waals surface area contributed by atoms with Crippen LogP contribution < -0.4 is 0 Å². The summed E-state index contributed by atoms with van der Waals surface area (Å²) in [5, 5.41) is 8.81. The van der Waals surface area contributed by atoms with Gasteiger partial charge in [0.25, 0.3) is 0 Å². The molecule has 0 aliphatic heterocycles. The molecule has 3 rings (SSSR count). The lowest BCUT2D eigenvalue weighted by Gasteiger charge is -2.00. The van der Waals surface area contributed by atoms with Crippen LogP contribution in [0.15, 0.2) is 48.5 Å². The molecular weight excluding hydrogens is 222 g/mol. The molecular formula is C12H8ClN3. The van der Waals surface area contributed by atoms with Gasteiger partial charge in [0.05, 0.1) is 16.2 Å². The van der Waals surface area contributed by atoms with E-state index in [1.54, 1.807) is 4.68 Å². The van der Waals surface area contributed by atoms with Crippen LogP contribution in [0.5, 0.6) is 0 Å². The summed E-state index contributed by atoms with van der Waals surface area (Å²) >= 11 is 6.04. The molecule has 0 saturated heterocycles. The Morgan fingerprint density at radius 3 is 2.56 bits per heavy atom. The van der Waals surface area contributed by atoms with Crippen molar-refractivity contribution in [2.75, 3.05) is 0 Å². The quantitative estimate of drug-likeness (QED) is 0.642. The van der Waals surface area contributed by atoms with E-state index < -0.39 is 0 Å². The van der Waals surface area contributed by atoms with Gasteiger partial charge in [0.1, 0.15) is 5.52 Å². The van der Waals surface area contributed by atoms with Crippen LogP contribution in [-0.2, 0) is 0 Å². The second-order valence-electron chi connectivity index (χ2n) is 3.44. The minimum absolute atomic E-state index is 0.625. The molecule has 78 valence electrons. The molecule has 4 heteroatoms. The lowest BCUT2D eigenvalue weighted by Crippen LogP contribution is -1.95. The Morgan fingerprint density at radius 1 is 0.938 bits per heavy atom. The lowest BCUT2D eigenvalue weighted by atomic mass is 10.3. The van der Waals surface area contributed by atoms with E-state index in [4.69, 9.17) is 11.6 Å². The van der Waals surface area contributed by atoms with Gasteiger partial charge in [0.2, 0.25) is 0 Å². The van der Waals surface area contributed by atoms with Crippen LogP contribution >= 0.6 is 11.6 Å². The Kier molecular flexibility index (Phi) is 2.11. The summed E-state index contributed by atoms with van der Waals surface area (Å²) in [5.41, 5.74) is 2.62. The molecule has 0 unspecified atom stereocenters. The third-order valence-electron chi connectivity index (χ3n) is 2.43. The standard InChI is InChI=1S/C12H8ClN3/c13-10-7-4-8-11-12(10)14-15-16(11)9-5-2-1-3-6-9/h1-8H. The molecule has 0 atom stereocenters. The largest absolute Gasteiger partial charge is 0.213 e. The highest BCUT2D eigenvalue weighted by molar-refractivity contribution is 6.34. The van der Waals surface area contributed by atoms with Crippen LogP contribution in [0, 0.1) is 0 Å². The van der Waals surface area contributed by atoms with Crippen LogP contribution in [0.2, 0.25) is 5.02 Å². The normalized spacial score (nSPS) is 10.8. The molecule has 3 aromatic rings. The van der Waals surface area contributed by atoms with Crippen molar-refractivity contribution in [1.29, 1.82) is 0 Å². The summed E-state index contributed by atoms with van der Waals surface area (Å²) in [6.45, 7) is 0. The van der Waals surface area contributed by atoms with E-state index in [0.717, 1.165) is 16.7 Å². The molecule has 0 N–H and O–H groups in total. The molecule has 2 aromatic carbocycles. The SMILES string of the molecule is Clc1cccc2c1nnn2-c1ccccc1. The first-order chi connectivity index (χ1) is 7.86. The maximum absolute atomic E-state index is 6.04. The monoisotopic (exact) mass is 229 g/mol. The first-order valence-electron chi connectivity index (χ1n) is 4.91. The van der Waals surface area contributed by atoms with Gasteiger partial charge in [-0.1, -0.05) is 41.1 Å². The van der Waals surface area contributed by atoms with Crippen LogP contribution in [0.3, 0.4) is 0 Å². The number of para-hydroxylation sites is 1. The molecule has 0 fully saturated rings. The maximum Gasteiger partial charge on any atom is 0.132 e. The van der Waals surface area contributed by atoms with Gasteiger partial charge in [-0.15, -0.1) is 5.10 Å². The average Bonchev–Trinajstić information content (AvgIpc) is 2.75. The molecule has 0 aliphatic rings. The number of nitrogens with zero attached hydrogens (tertiary/aromatic N) is 3. The van der Waals surface area contributed by atoms with Crippen LogP contribution in [0.1, 0.15) is 0 Å². The highest BCUT2D eigenvalue weighted by Crippen LogP contribution is 2.22. The topological polar surface area (TPSA) is 30.7 Å². The highest BCUT2D eigenvalue weighted by Gasteiger charge is 2.07. The minimum atomic E-state index is 0.625. The summed E-state index contributed by atoms with van der Waals surface area (Å²) in [7, 11) is 0. The van der Waals surface area contributed by atoms with Gasteiger partial charge in [-0.25, -0.2) is 4.68 Å². The number of benzene rings is 2. The van der Waals surface area contributed by atoms with Gasteiger partial charge in [0, 0.05) is 0 Å². The Morgan fingerprint density at radius 2 is 1.75 bits per heavy atom. The predicted molar refractivity (Wildman–Crippen MR) is 63.9 cm³/mol. The van der Waals surface area contributed by atoms with Gasteiger partial charge < -0.3 is 0 Å². The number of hydrogen-bond donors (Lipinski definition) is 0. The van der Waals surface area contributed by atoms with E-state index in [2.05, 4.69) is 10.3 Å². The highest BCUT2D eigenvalue weighted by atomic mass is 35.5. The van der Waals surface area contributed by atoms with Crippen LogP contribution in [0.4, 0.5) is 0 Å². The molecule has 0 radical (unpaired) electrons. The van der Waals surface area contributed by atoms with Crippen molar-refractivity contribution in [2.45, 2.75) is 0 Å². The third-order valence-corrected chi connectivity index (χ3v) is 2.73. The van der Waals surface area contributed by atoms with Crippen LogP contribution in [-0.4, -0.2) is 15.0 Å². The number of hydrogen-bond acceptors (Lipinski definition) is 2. The maximum atomic E-state index is 6.04. The Balaban J connectivity index is 2.30. The van der Waals surface area contributed by atoms with Gasteiger partial charge in [-0.3, -0.25) is 0 Å². The Bertz CT molecular complexity index is 631. The zero-order chi connectivity index (χ0) is 11.0. The Labute approximate surface area is 97.3 Å². The van der Waals surface area contributed by atoms with E-state index in [-0.39, 0.29) is 0 Å². The molecule has 0 bridgehead atoms. The number of fused-ring (bicyclic) bond motifs is 1. The second kappa shape index (κ2) is 3.61. The zero-order valence-corrected chi connectivity index (χ0v) is 9.09. The number of rotatable bonds is 1. The zero-order valence-electron chi connectivity index (χ0n) is 8.34. The molecule has 3 nitrogen and oxygen atoms in total. The lowest BCUT2D eigenvalue weighted by molar-refractivity contribution is 0.824. The van der Waals surface area contributed by atoms with Crippen molar-refractivity contribution in [2.24, 2.45) is 0 Å². The predicted octanol–water partition coefficient (Wildman–Crippen LogP) is 3.07. The number of aromatic nitrogens is 3. The number of halogens is 1. The smallest absolute Gasteiger partial charge is 0.132 e. The van der Waals surface area contributed by atoms with E-state index in [9.17, 15) is 0 Å². The van der Waals surface area contributed by atoms with Gasteiger partial charge in [0.15, 0.2) is 0 Å². The molecule has 0 saturated carbocycles. The van der Waals surface area contributed by atoms with Crippen molar-refractivity contribution in [3.8, 4) is 5.69 Å². The Hall–Kier alpha value is -1.87. The first kappa shape index (κ1) is 9.36. The van der Waals surface area contributed by atoms with Gasteiger partial charge in [-0.2, -0.15) is 0 Å². The van der Waals surface area contributed by atoms with E-state index in [1.807, 2.05) is 48.5 Å². The molecule has 0 aliphatic carbocycles. The summed E-state index contributed by atoms with van der Waals surface area (Å²) in [6.07, 6.45) is 0. The summed E-state index contributed by atoms with van der Waals surface area (Å²) in [5.74, 6) is 0. The summed E-state index contributed by atoms with van der Waals surface area (Å²) in [4.78, 5) is 0. The molecule has 0 spiro atoms. The first-order valence-corrected chi connectivity index (χ1v) is 5.29. The van der Waals surface area contributed by atoms with Crippen molar-refractivity contribution in [1.82, 2.24) is 15.0 Å². The van der Waals surface area contributed by atoms with E-state index >= 15 is 0 Å². The summed E-state index contributed by atoms with van der Waals surface area (Å²) < 4.78 is 1.78. The average molecular weight is 230 g/mol. The molecule has 1 heterocycles. The van der Waals surface area contributed by atoms with Crippen molar-refractivity contribution >= 4 is 22.6 Å². The third kappa shape index (κ3) is 1.37. The van der Waals surface area contributed by atoms with Crippen molar-refractivity contribution < 1.29 is 0 Å². The summed E-state index contributed by atoms with van der Waals surface area (Å²) in [6, 6.07) is 15.5. The van der Waals surface area contributed by atoms with Crippen molar-refractivity contribution in [3.05, 3.63) is 53.6 Å². The molecule has 1 aromatic heterocycles. The molecule has 0 amide bonds.